The average molecular weight is 305 g/mol. The van der Waals surface area contributed by atoms with Crippen molar-refractivity contribution >= 4 is 22.6 Å². The SMILES string of the molecule is CCC1CCC(n2c(C(C)Cl)nc3c(C)cccc32)CC1. The fraction of sp³-hybridized carbons (Fsp3) is 0.611. The van der Waals surface area contributed by atoms with Gasteiger partial charge in [-0.15, -0.1) is 11.6 Å². The number of hydrogen-bond donors (Lipinski definition) is 0. The molecule has 3 rings (SSSR count). The summed E-state index contributed by atoms with van der Waals surface area (Å²) in [6, 6.07) is 7.03. The Morgan fingerprint density at radius 3 is 2.62 bits per heavy atom. The summed E-state index contributed by atoms with van der Waals surface area (Å²) in [5.41, 5.74) is 3.63. The van der Waals surface area contributed by atoms with Gasteiger partial charge in [0, 0.05) is 6.04 Å². The van der Waals surface area contributed by atoms with E-state index in [-0.39, 0.29) is 5.38 Å². The minimum atomic E-state index is -0.0410. The van der Waals surface area contributed by atoms with Crippen LogP contribution in [0.3, 0.4) is 0 Å². The van der Waals surface area contributed by atoms with Crippen LogP contribution >= 0.6 is 11.6 Å². The summed E-state index contributed by atoms with van der Waals surface area (Å²) < 4.78 is 2.44. The maximum atomic E-state index is 6.42. The topological polar surface area (TPSA) is 17.8 Å². The molecule has 0 N–H and O–H groups in total. The number of aromatic nitrogens is 2. The lowest BCUT2D eigenvalue weighted by Crippen LogP contribution is -2.19. The highest BCUT2D eigenvalue weighted by Crippen LogP contribution is 2.38. The van der Waals surface area contributed by atoms with Crippen molar-refractivity contribution in [3.8, 4) is 0 Å². The highest BCUT2D eigenvalue weighted by molar-refractivity contribution is 6.20. The van der Waals surface area contributed by atoms with Gasteiger partial charge in [0.1, 0.15) is 5.82 Å². The van der Waals surface area contributed by atoms with E-state index in [1.165, 1.54) is 43.2 Å². The molecule has 1 aromatic heterocycles. The fourth-order valence-corrected chi connectivity index (χ4v) is 3.90. The van der Waals surface area contributed by atoms with Crippen molar-refractivity contribution in [2.24, 2.45) is 5.92 Å². The molecule has 2 aromatic rings. The highest BCUT2D eigenvalue weighted by Gasteiger charge is 2.26. The minimum absolute atomic E-state index is 0.0410. The summed E-state index contributed by atoms with van der Waals surface area (Å²) in [7, 11) is 0. The van der Waals surface area contributed by atoms with E-state index in [1.807, 2.05) is 6.92 Å². The van der Waals surface area contributed by atoms with Gasteiger partial charge < -0.3 is 4.57 Å². The van der Waals surface area contributed by atoms with Gasteiger partial charge in [-0.3, -0.25) is 0 Å². The van der Waals surface area contributed by atoms with Crippen molar-refractivity contribution in [1.29, 1.82) is 0 Å². The van der Waals surface area contributed by atoms with Gasteiger partial charge in [0.2, 0.25) is 0 Å². The van der Waals surface area contributed by atoms with Gasteiger partial charge in [-0.25, -0.2) is 4.98 Å². The number of aryl methyl sites for hydroxylation is 1. The van der Waals surface area contributed by atoms with E-state index in [9.17, 15) is 0 Å². The van der Waals surface area contributed by atoms with E-state index in [0.29, 0.717) is 6.04 Å². The van der Waals surface area contributed by atoms with E-state index >= 15 is 0 Å². The number of benzene rings is 1. The van der Waals surface area contributed by atoms with Gasteiger partial charge in [-0.05, 0) is 57.1 Å². The van der Waals surface area contributed by atoms with E-state index in [4.69, 9.17) is 16.6 Å². The number of para-hydroxylation sites is 1. The van der Waals surface area contributed by atoms with Gasteiger partial charge in [0.15, 0.2) is 0 Å². The molecule has 1 saturated carbocycles. The molecular formula is C18H25ClN2. The van der Waals surface area contributed by atoms with Crippen molar-refractivity contribution in [2.75, 3.05) is 0 Å². The summed E-state index contributed by atoms with van der Waals surface area (Å²) >= 11 is 6.42. The van der Waals surface area contributed by atoms with Crippen molar-refractivity contribution < 1.29 is 0 Å². The van der Waals surface area contributed by atoms with Gasteiger partial charge >= 0.3 is 0 Å². The first-order chi connectivity index (χ1) is 10.1. The number of fused-ring (bicyclic) bond motifs is 1. The molecule has 1 heterocycles. The van der Waals surface area contributed by atoms with E-state index in [2.05, 4.69) is 36.6 Å². The lowest BCUT2D eigenvalue weighted by molar-refractivity contribution is 0.269. The smallest absolute Gasteiger partial charge is 0.127 e. The Balaban J connectivity index is 2.04. The molecule has 0 amide bonds. The van der Waals surface area contributed by atoms with E-state index in [1.54, 1.807) is 0 Å². The Labute approximate surface area is 132 Å². The quantitative estimate of drug-likeness (QED) is 0.657. The Morgan fingerprint density at radius 2 is 2.00 bits per heavy atom. The van der Waals surface area contributed by atoms with Crippen molar-refractivity contribution in [2.45, 2.75) is 64.3 Å². The molecular weight excluding hydrogens is 280 g/mol. The number of alkyl halides is 1. The number of hydrogen-bond acceptors (Lipinski definition) is 1. The lowest BCUT2D eigenvalue weighted by atomic mass is 9.84. The second-order valence-electron chi connectivity index (χ2n) is 6.48. The van der Waals surface area contributed by atoms with Crippen molar-refractivity contribution in [3.05, 3.63) is 29.6 Å². The predicted octanol–water partition coefficient (Wildman–Crippen LogP) is 5.79. The van der Waals surface area contributed by atoms with Crippen LogP contribution in [0.1, 0.15) is 68.8 Å². The molecule has 1 unspecified atom stereocenters. The minimum Gasteiger partial charge on any atom is -0.324 e. The van der Waals surface area contributed by atoms with Gasteiger partial charge in [0.25, 0.3) is 0 Å². The largest absolute Gasteiger partial charge is 0.324 e. The van der Waals surface area contributed by atoms with Gasteiger partial charge in [0.05, 0.1) is 16.4 Å². The zero-order valence-corrected chi connectivity index (χ0v) is 14.0. The normalized spacial score (nSPS) is 24.4. The first-order valence-electron chi connectivity index (χ1n) is 8.23. The molecule has 0 saturated heterocycles. The Morgan fingerprint density at radius 1 is 1.29 bits per heavy atom. The van der Waals surface area contributed by atoms with Crippen LogP contribution < -0.4 is 0 Å². The second-order valence-corrected chi connectivity index (χ2v) is 7.14. The first kappa shape index (κ1) is 14.9. The summed E-state index contributed by atoms with van der Waals surface area (Å²) in [6.07, 6.45) is 6.50. The molecule has 114 valence electrons. The van der Waals surface area contributed by atoms with Crippen LogP contribution in [0.2, 0.25) is 0 Å². The van der Waals surface area contributed by atoms with Gasteiger partial charge in [-0.2, -0.15) is 0 Å². The summed E-state index contributed by atoms with van der Waals surface area (Å²) in [5.74, 6) is 1.95. The molecule has 0 radical (unpaired) electrons. The standard InChI is InChI=1S/C18H25ClN2/c1-4-14-8-10-15(11-9-14)21-16-7-5-6-12(2)17(16)20-18(21)13(3)19/h5-7,13-15H,4,8-11H2,1-3H3. The Hall–Kier alpha value is -1.02. The molecule has 1 aliphatic rings. The third-order valence-electron chi connectivity index (χ3n) is 5.06. The summed E-state index contributed by atoms with van der Waals surface area (Å²) in [5, 5.41) is -0.0410. The zero-order chi connectivity index (χ0) is 15.0. The molecule has 2 nitrogen and oxygen atoms in total. The zero-order valence-electron chi connectivity index (χ0n) is 13.3. The molecule has 0 aliphatic heterocycles. The van der Waals surface area contributed by atoms with Crippen molar-refractivity contribution in [1.82, 2.24) is 9.55 Å². The molecule has 0 spiro atoms. The molecule has 1 aromatic carbocycles. The molecule has 21 heavy (non-hydrogen) atoms. The highest BCUT2D eigenvalue weighted by atomic mass is 35.5. The van der Waals surface area contributed by atoms with Crippen LogP contribution in [-0.2, 0) is 0 Å². The number of imidazole rings is 1. The molecule has 1 atom stereocenters. The van der Waals surface area contributed by atoms with E-state index < -0.39 is 0 Å². The van der Waals surface area contributed by atoms with Crippen LogP contribution in [0.15, 0.2) is 18.2 Å². The molecule has 1 aliphatic carbocycles. The number of halogens is 1. The molecule has 3 heteroatoms. The maximum Gasteiger partial charge on any atom is 0.127 e. The first-order valence-corrected chi connectivity index (χ1v) is 8.67. The summed E-state index contributed by atoms with van der Waals surface area (Å²) in [6.45, 7) is 6.48. The maximum absolute atomic E-state index is 6.42. The number of rotatable bonds is 3. The Bertz CT molecular complexity index is 621. The predicted molar refractivity (Wildman–Crippen MR) is 90.0 cm³/mol. The van der Waals surface area contributed by atoms with Crippen LogP contribution in [-0.4, -0.2) is 9.55 Å². The second kappa shape index (κ2) is 6.00. The van der Waals surface area contributed by atoms with Crippen LogP contribution in [0.25, 0.3) is 11.0 Å². The van der Waals surface area contributed by atoms with E-state index in [0.717, 1.165) is 17.3 Å². The van der Waals surface area contributed by atoms with Crippen LogP contribution in [0.4, 0.5) is 0 Å². The Kier molecular flexibility index (Phi) is 4.26. The van der Waals surface area contributed by atoms with Crippen molar-refractivity contribution in [3.63, 3.8) is 0 Å². The molecule has 0 bridgehead atoms. The van der Waals surface area contributed by atoms with Gasteiger partial charge in [-0.1, -0.05) is 25.5 Å². The van der Waals surface area contributed by atoms with Crippen LogP contribution in [0, 0.1) is 12.8 Å². The third-order valence-corrected chi connectivity index (χ3v) is 5.26. The average Bonchev–Trinajstić information content (AvgIpc) is 2.88. The molecule has 1 fully saturated rings. The lowest BCUT2D eigenvalue weighted by Gasteiger charge is -2.30. The monoisotopic (exact) mass is 304 g/mol. The fourth-order valence-electron chi connectivity index (χ4n) is 3.75. The number of nitrogens with zero attached hydrogens (tertiary/aromatic N) is 2. The van der Waals surface area contributed by atoms with Crippen LogP contribution in [0.5, 0.6) is 0 Å². The summed E-state index contributed by atoms with van der Waals surface area (Å²) in [4.78, 5) is 4.86. The third kappa shape index (κ3) is 2.70.